The number of rotatable bonds is 7. The van der Waals surface area contributed by atoms with Crippen LogP contribution in [-0.4, -0.2) is 37.2 Å². The lowest BCUT2D eigenvalue weighted by Gasteiger charge is -2.13. The molecule has 0 bridgehead atoms. The number of nitrogens with zero attached hydrogens (tertiary/aromatic N) is 4. The van der Waals surface area contributed by atoms with E-state index in [-0.39, 0.29) is 0 Å². The number of aromatic nitrogens is 4. The van der Waals surface area contributed by atoms with Crippen molar-refractivity contribution in [2.75, 3.05) is 11.9 Å². The Balaban J connectivity index is 1.54. The lowest BCUT2D eigenvalue weighted by Crippen LogP contribution is -2.24. The largest absolute Gasteiger partial charge is 0.382 e. The lowest BCUT2D eigenvalue weighted by molar-refractivity contribution is 0.688. The van der Waals surface area contributed by atoms with Gasteiger partial charge in [-0.2, -0.15) is 5.10 Å². The first-order chi connectivity index (χ1) is 15.6. The number of anilines is 1. The van der Waals surface area contributed by atoms with Crippen LogP contribution in [-0.2, 0) is 0 Å². The van der Waals surface area contributed by atoms with Gasteiger partial charge in [0.05, 0.1) is 23.3 Å². The van der Waals surface area contributed by atoms with E-state index in [4.69, 9.17) is 22.3 Å². The molecule has 0 unspecified atom stereocenters. The Morgan fingerprint density at radius 2 is 1.84 bits per heavy atom. The Kier molecular flexibility index (Phi) is 5.57. The number of imidazole rings is 1. The van der Waals surface area contributed by atoms with Crippen LogP contribution in [0.3, 0.4) is 0 Å². The highest BCUT2D eigenvalue weighted by molar-refractivity contribution is 7.80. The number of hydrogen-bond donors (Lipinski definition) is 2. The second kappa shape index (κ2) is 8.67. The molecular formula is C25H26N6S. The predicted molar refractivity (Wildman–Crippen MR) is 133 cm³/mol. The number of benzene rings is 1. The summed E-state index contributed by atoms with van der Waals surface area (Å²) in [4.78, 5) is 9.65. The molecule has 0 amide bonds. The first kappa shape index (κ1) is 20.6. The summed E-state index contributed by atoms with van der Waals surface area (Å²) in [6.07, 6.45) is 7.87. The van der Waals surface area contributed by atoms with Gasteiger partial charge in [-0.25, -0.2) is 9.50 Å². The number of nitrogens with one attached hydrogen (secondary N) is 2. The molecule has 1 fully saturated rings. The second-order valence-electron chi connectivity index (χ2n) is 8.66. The average molecular weight is 443 g/mol. The van der Waals surface area contributed by atoms with Crippen LogP contribution in [0.25, 0.3) is 28.2 Å². The van der Waals surface area contributed by atoms with Crippen LogP contribution in [0.2, 0.25) is 0 Å². The smallest absolute Gasteiger partial charge is 0.177 e. The van der Waals surface area contributed by atoms with Crippen molar-refractivity contribution >= 4 is 28.5 Å². The molecule has 7 heteroatoms. The Bertz CT molecular complexity index is 1240. The van der Waals surface area contributed by atoms with Crippen molar-refractivity contribution in [2.24, 2.45) is 5.92 Å². The Labute approximate surface area is 193 Å². The van der Waals surface area contributed by atoms with Gasteiger partial charge in [0.2, 0.25) is 0 Å². The summed E-state index contributed by atoms with van der Waals surface area (Å²) in [6.45, 7) is 5.24. The maximum absolute atomic E-state index is 5.54. The van der Waals surface area contributed by atoms with Crippen LogP contribution in [0.5, 0.6) is 0 Å². The zero-order chi connectivity index (χ0) is 22.1. The minimum absolute atomic E-state index is 0.516. The van der Waals surface area contributed by atoms with E-state index in [2.05, 4.69) is 59.8 Å². The normalized spacial score (nSPS) is 13.5. The molecule has 0 radical (unpaired) electrons. The summed E-state index contributed by atoms with van der Waals surface area (Å²) in [5, 5.41) is 11.9. The van der Waals surface area contributed by atoms with E-state index in [0.29, 0.717) is 12.0 Å². The van der Waals surface area contributed by atoms with Crippen LogP contribution < -0.4 is 10.6 Å². The molecule has 4 aromatic rings. The highest BCUT2D eigenvalue weighted by Crippen LogP contribution is 2.28. The SMILES string of the molecule is CC(C)CNc1cc(-c2ccncc2)nn2c(-c3ccc(C(=S)NC4CC4)cc3)cnc12. The van der Waals surface area contributed by atoms with Gasteiger partial charge in [-0.15, -0.1) is 0 Å². The van der Waals surface area contributed by atoms with Gasteiger partial charge in [0.1, 0.15) is 4.99 Å². The Morgan fingerprint density at radius 1 is 1.09 bits per heavy atom. The van der Waals surface area contributed by atoms with Crippen LogP contribution in [0, 0.1) is 5.92 Å². The topological polar surface area (TPSA) is 67.1 Å². The van der Waals surface area contributed by atoms with E-state index < -0.39 is 0 Å². The van der Waals surface area contributed by atoms with Gasteiger partial charge < -0.3 is 10.6 Å². The molecule has 1 aromatic carbocycles. The quantitative estimate of drug-likeness (QED) is 0.395. The first-order valence-corrected chi connectivity index (χ1v) is 11.4. The molecule has 2 N–H and O–H groups in total. The lowest BCUT2D eigenvalue weighted by atomic mass is 10.1. The molecule has 3 aromatic heterocycles. The van der Waals surface area contributed by atoms with E-state index in [1.165, 1.54) is 12.8 Å². The molecule has 1 saturated carbocycles. The molecule has 0 atom stereocenters. The molecule has 32 heavy (non-hydrogen) atoms. The highest BCUT2D eigenvalue weighted by atomic mass is 32.1. The number of pyridine rings is 1. The molecule has 1 aliphatic rings. The van der Waals surface area contributed by atoms with E-state index in [1.54, 1.807) is 12.4 Å². The summed E-state index contributed by atoms with van der Waals surface area (Å²) in [5.41, 5.74) is 6.69. The maximum atomic E-state index is 5.54. The van der Waals surface area contributed by atoms with Crippen molar-refractivity contribution in [3.8, 4) is 22.5 Å². The minimum Gasteiger partial charge on any atom is -0.382 e. The average Bonchev–Trinajstić information content (AvgIpc) is 3.53. The summed E-state index contributed by atoms with van der Waals surface area (Å²) < 4.78 is 1.92. The number of thiocarbonyl (C=S) groups is 1. The van der Waals surface area contributed by atoms with E-state index in [0.717, 1.165) is 50.9 Å². The zero-order valence-corrected chi connectivity index (χ0v) is 19.1. The molecular weight excluding hydrogens is 416 g/mol. The molecule has 5 rings (SSSR count). The van der Waals surface area contributed by atoms with E-state index >= 15 is 0 Å². The fourth-order valence-electron chi connectivity index (χ4n) is 3.56. The number of hydrogen-bond acceptors (Lipinski definition) is 5. The van der Waals surface area contributed by atoms with Crippen molar-refractivity contribution < 1.29 is 0 Å². The van der Waals surface area contributed by atoms with Gasteiger partial charge >= 0.3 is 0 Å². The molecule has 0 saturated heterocycles. The monoisotopic (exact) mass is 442 g/mol. The molecule has 162 valence electrons. The summed E-state index contributed by atoms with van der Waals surface area (Å²) in [7, 11) is 0. The molecule has 0 aliphatic heterocycles. The Morgan fingerprint density at radius 3 is 2.53 bits per heavy atom. The third kappa shape index (κ3) is 4.34. The molecule has 0 spiro atoms. The standard InChI is InChI=1S/C25H26N6S/c1-16(2)14-27-22-13-21(17-9-11-26-12-10-17)30-31-23(15-28-24(22)31)18-3-5-19(6-4-18)25(32)29-20-7-8-20/h3-6,9-13,15-16,20,27H,7-8,14H2,1-2H3,(H,29,32). The summed E-state index contributed by atoms with van der Waals surface area (Å²) in [5.74, 6) is 0.516. The molecule has 6 nitrogen and oxygen atoms in total. The van der Waals surface area contributed by atoms with Gasteiger partial charge in [-0.1, -0.05) is 50.3 Å². The molecule has 1 aliphatic carbocycles. The Hall–Kier alpha value is -3.32. The van der Waals surface area contributed by atoms with Crippen molar-refractivity contribution in [2.45, 2.75) is 32.7 Å². The van der Waals surface area contributed by atoms with Gasteiger partial charge in [-0.05, 0) is 37.0 Å². The van der Waals surface area contributed by atoms with Crippen molar-refractivity contribution in [3.05, 3.63) is 66.6 Å². The van der Waals surface area contributed by atoms with Gasteiger partial charge in [0.25, 0.3) is 0 Å². The van der Waals surface area contributed by atoms with Crippen LogP contribution in [0.4, 0.5) is 5.69 Å². The number of fused-ring (bicyclic) bond motifs is 1. The summed E-state index contributed by atoms with van der Waals surface area (Å²) in [6, 6.07) is 14.9. The highest BCUT2D eigenvalue weighted by Gasteiger charge is 2.22. The van der Waals surface area contributed by atoms with Crippen molar-refractivity contribution in [1.29, 1.82) is 0 Å². The second-order valence-corrected chi connectivity index (χ2v) is 9.07. The van der Waals surface area contributed by atoms with E-state index in [9.17, 15) is 0 Å². The van der Waals surface area contributed by atoms with Crippen LogP contribution >= 0.6 is 12.2 Å². The predicted octanol–water partition coefficient (Wildman–Crippen LogP) is 4.95. The molecule has 3 heterocycles. The van der Waals surface area contributed by atoms with Crippen LogP contribution in [0.15, 0.2) is 61.1 Å². The third-order valence-electron chi connectivity index (χ3n) is 5.50. The van der Waals surface area contributed by atoms with Crippen molar-refractivity contribution in [3.63, 3.8) is 0 Å². The van der Waals surface area contributed by atoms with Gasteiger partial charge in [-0.3, -0.25) is 4.98 Å². The third-order valence-corrected chi connectivity index (χ3v) is 5.85. The maximum Gasteiger partial charge on any atom is 0.177 e. The van der Waals surface area contributed by atoms with Gasteiger partial charge in [0.15, 0.2) is 5.65 Å². The van der Waals surface area contributed by atoms with Crippen LogP contribution in [0.1, 0.15) is 32.3 Å². The first-order valence-electron chi connectivity index (χ1n) is 11.0. The zero-order valence-electron chi connectivity index (χ0n) is 18.2. The van der Waals surface area contributed by atoms with Gasteiger partial charge in [0, 0.05) is 41.7 Å². The minimum atomic E-state index is 0.516. The fourth-order valence-corrected chi connectivity index (χ4v) is 3.86. The van der Waals surface area contributed by atoms with Crippen molar-refractivity contribution in [1.82, 2.24) is 24.9 Å². The van der Waals surface area contributed by atoms with E-state index in [1.807, 2.05) is 22.8 Å². The fraction of sp³-hybridized carbons (Fsp3) is 0.280. The summed E-state index contributed by atoms with van der Waals surface area (Å²) >= 11 is 5.54.